The summed E-state index contributed by atoms with van der Waals surface area (Å²) in [5, 5.41) is 0. The minimum absolute atomic E-state index is 0.361. The Hall–Kier alpha value is -1.09. The lowest BCUT2D eigenvalue weighted by Crippen LogP contribution is -2.38. The van der Waals surface area contributed by atoms with Gasteiger partial charge in [0.1, 0.15) is 0 Å². The molecule has 0 fully saturated rings. The molecule has 0 aromatic carbocycles. The molecule has 2 rings (SSSR count). The van der Waals surface area contributed by atoms with Crippen molar-refractivity contribution < 1.29 is 4.84 Å². The number of aromatic nitrogens is 1. The highest BCUT2D eigenvalue weighted by Gasteiger charge is 2.23. The highest BCUT2D eigenvalue weighted by atomic mass is 16.6. The second-order valence-electron chi connectivity index (χ2n) is 3.21. The molecule has 12 heavy (non-hydrogen) atoms. The van der Waals surface area contributed by atoms with Gasteiger partial charge in [-0.15, -0.1) is 0 Å². The van der Waals surface area contributed by atoms with Gasteiger partial charge in [-0.25, -0.2) is 0 Å². The zero-order valence-electron chi connectivity index (χ0n) is 7.24. The first-order chi connectivity index (χ1) is 5.79. The Labute approximate surface area is 71.7 Å². The molecule has 64 valence electrons. The van der Waals surface area contributed by atoms with E-state index in [0.29, 0.717) is 12.0 Å². The lowest BCUT2D eigenvalue weighted by Gasteiger charge is -2.28. The molecule has 2 heterocycles. The molecule has 1 aliphatic heterocycles. The van der Waals surface area contributed by atoms with Crippen LogP contribution in [0.4, 0.5) is 0 Å². The normalized spacial score (nSPS) is 27.5. The number of hydrogen-bond donors (Lipinski definition) is 1. The van der Waals surface area contributed by atoms with E-state index in [-0.39, 0.29) is 0 Å². The fourth-order valence-corrected chi connectivity index (χ4v) is 1.38. The number of hydrogen-bond acceptors (Lipinski definition) is 3. The molecule has 3 nitrogen and oxygen atoms in total. The molecule has 1 aliphatic rings. The van der Waals surface area contributed by atoms with Crippen molar-refractivity contribution in [2.45, 2.75) is 25.8 Å². The molecular formula is C9H12N2O. The van der Waals surface area contributed by atoms with Crippen LogP contribution in [-0.2, 0) is 0 Å². The van der Waals surface area contributed by atoms with Crippen molar-refractivity contribution in [3.63, 3.8) is 0 Å². The standard InChI is InChI=1S/C9H12N2O/c1-6-7(2)11-12-9-5-10-4-3-8(6)9/h3-7,11H,1-2H3. The highest BCUT2D eigenvalue weighted by Crippen LogP contribution is 2.30. The van der Waals surface area contributed by atoms with Gasteiger partial charge < -0.3 is 4.84 Å². The number of fused-ring (bicyclic) bond motifs is 1. The van der Waals surface area contributed by atoms with Crippen molar-refractivity contribution in [2.75, 3.05) is 0 Å². The van der Waals surface area contributed by atoms with E-state index >= 15 is 0 Å². The molecule has 1 aromatic heterocycles. The van der Waals surface area contributed by atoms with Gasteiger partial charge in [-0.2, -0.15) is 5.48 Å². The van der Waals surface area contributed by atoms with Gasteiger partial charge >= 0.3 is 0 Å². The Morgan fingerprint density at radius 1 is 1.50 bits per heavy atom. The van der Waals surface area contributed by atoms with Crippen molar-refractivity contribution in [2.24, 2.45) is 0 Å². The van der Waals surface area contributed by atoms with Crippen LogP contribution in [0.25, 0.3) is 0 Å². The third-order valence-corrected chi connectivity index (χ3v) is 2.41. The van der Waals surface area contributed by atoms with Crippen molar-refractivity contribution in [3.05, 3.63) is 24.0 Å². The van der Waals surface area contributed by atoms with Crippen LogP contribution in [0.15, 0.2) is 18.5 Å². The molecule has 0 bridgehead atoms. The van der Waals surface area contributed by atoms with Gasteiger partial charge in [-0.1, -0.05) is 6.92 Å². The van der Waals surface area contributed by atoms with Crippen LogP contribution < -0.4 is 10.3 Å². The first kappa shape index (κ1) is 7.55. The third-order valence-electron chi connectivity index (χ3n) is 2.41. The largest absolute Gasteiger partial charge is 0.407 e. The van der Waals surface area contributed by atoms with Crippen LogP contribution in [0.2, 0.25) is 0 Å². The topological polar surface area (TPSA) is 34.1 Å². The van der Waals surface area contributed by atoms with Gasteiger partial charge in [0.05, 0.1) is 6.20 Å². The highest BCUT2D eigenvalue weighted by molar-refractivity contribution is 5.34. The first-order valence-corrected chi connectivity index (χ1v) is 4.15. The van der Waals surface area contributed by atoms with E-state index in [2.05, 4.69) is 24.3 Å². The first-order valence-electron chi connectivity index (χ1n) is 4.15. The number of rotatable bonds is 0. The van der Waals surface area contributed by atoms with Gasteiger partial charge in [0, 0.05) is 23.7 Å². The zero-order chi connectivity index (χ0) is 8.55. The smallest absolute Gasteiger partial charge is 0.168 e. The quantitative estimate of drug-likeness (QED) is 0.630. The van der Waals surface area contributed by atoms with E-state index in [1.54, 1.807) is 12.4 Å². The van der Waals surface area contributed by atoms with E-state index in [1.165, 1.54) is 5.56 Å². The lowest BCUT2D eigenvalue weighted by molar-refractivity contribution is 0.127. The van der Waals surface area contributed by atoms with Crippen molar-refractivity contribution in [3.8, 4) is 5.75 Å². The van der Waals surface area contributed by atoms with Crippen LogP contribution in [0.3, 0.4) is 0 Å². The Morgan fingerprint density at radius 3 is 3.17 bits per heavy atom. The molecule has 1 aromatic rings. The fraction of sp³-hybridized carbons (Fsp3) is 0.444. The maximum absolute atomic E-state index is 5.29. The number of pyridine rings is 1. The molecule has 0 radical (unpaired) electrons. The van der Waals surface area contributed by atoms with Crippen LogP contribution in [0.1, 0.15) is 25.3 Å². The lowest BCUT2D eigenvalue weighted by atomic mass is 9.94. The summed E-state index contributed by atoms with van der Waals surface area (Å²) in [7, 11) is 0. The van der Waals surface area contributed by atoms with E-state index in [0.717, 1.165) is 5.75 Å². The summed E-state index contributed by atoms with van der Waals surface area (Å²) < 4.78 is 0. The van der Waals surface area contributed by atoms with Crippen molar-refractivity contribution in [1.82, 2.24) is 10.5 Å². The van der Waals surface area contributed by atoms with E-state index < -0.39 is 0 Å². The third kappa shape index (κ3) is 1.06. The average molecular weight is 164 g/mol. The van der Waals surface area contributed by atoms with Gasteiger partial charge in [0.2, 0.25) is 0 Å². The summed E-state index contributed by atoms with van der Waals surface area (Å²) in [5.41, 5.74) is 4.18. The zero-order valence-corrected chi connectivity index (χ0v) is 7.24. The van der Waals surface area contributed by atoms with Gasteiger partial charge in [0.15, 0.2) is 5.75 Å². The Morgan fingerprint density at radius 2 is 2.33 bits per heavy atom. The van der Waals surface area contributed by atoms with Crippen molar-refractivity contribution in [1.29, 1.82) is 0 Å². The molecular weight excluding hydrogens is 152 g/mol. The summed E-state index contributed by atoms with van der Waals surface area (Å²) in [6, 6.07) is 2.37. The molecule has 0 saturated heterocycles. The predicted molar refractivity (Wildman–Crippen MR) is 45.9 cm³/mol. The Bertz CT molecular complexity index is 288. The van der Waals surface area contributed by atoms with E-state index in [4.69, 9.17) is 4.84 Å². The minimum Gasteiger partial charge on any atom is -0.407 e. The maximum Gasteiger partial charge on any atom is 0.168 e. The maximum atomic E-state index is 5.29. The monoisotopic (exact) mass is 164 g/mol. The Kier molecular flexibility index (Phi) is 1.73. The summed E-state index contributed by atoms with van der Waals surface area (Å²) >= 11 is 0. The predicted octanol–water partition coefficient (Wildman–Crippen LogP) is 1.47. The molecule has 3 heteroatoms. The van der Waals surface area contributed by atoms with Crippen LogP contribution >= 0.6 is 0 Å². The molecule has 2 atom stereocenters. The summed E-state index contributed by atoms with van der Waals surface area (Å²) in [6.45, 7) is 4.28. The number of nitrogens with zero attached hydrogens (tertiary/aromatic N) is 1. The van der Waals surface area contributed by atoms with Gasteiger partial charge in [0.25, 0.3) is 0 Å². The van der Waals surface area contributed by atoms with Gasteiger partial charge in [-0.05, 0) is 13.0 Å². The van der Waals surface area contributed by atoms with E-state index in [1.807, 2.05) is 6.07 Å². The number of nitrogens with one attached hydrogen (secondary N) is 1. The molecule has 0 spiro atoms. The summed E-state index contributed by atoms with van der Waals surface area (Å²) in [4.78, 5) is 9.29. The second-order valence-corrected chi connectivity index (χ2v) is 3.21. The second kappa shape index (κ2) is 2.75. The minimum atomic E-state index is 0.361. The van der Waals surface area contributed by atoms with Crippen LogP contribution in [0, 0.1) is 0 Å². The fourth-order valence-electron chi connectivity index (χ4n) is 1.38. The molecule has 1 N–H and O–H groups in total. The SMILES string of the molecule is CC1NOc2cnccc2C1C. The average Bonchev–Trinajstić information content (AvgIpc) is 2.12. The summed E-state index contributed by atoms with van der Waals surface area (Å²) in [6.07, 6.45) is 3.54. The molecule has 0 aliphatic carbocycles. The molecule has 0 saturated carbocycles. The molecule has 2 unspecified atom stereocenters. The van der Waals surface area contributed by atoms with Gasteiger partial charge in [-0.3, -0.25) is 4.98 Å². The summed E-state index contributed by atoms with van der Waals surface area (Å²) in [5.74, 6) is 1.33. The number of hydroxylamine groups is 1. The van der Waals surface area contributed by atoms with E-state index in [9.17, 15) is 0 Å². The van der Waals surface area contributed by atoms with Crippen molar-refractivity contribution >= 4 is 0 Å². The Balaban J connectivity index is 2.42. The van der Waals surface area contributed by atoms with Crippen LogP contribution in [-0.4, -0.2) is 11.0 Å². The van der Waals surface area contributed by atoms with Crippen LogP contribution in [0.5, 0.6) is 5.75 Å². The molecule has 0 amide bonds.